The number of carbonyl (C=O) groups excluding carboxylic acids is 1. The van der Waals surface area contributed by atoms with Crippen LogP contribution >= 0.6 is 0 Å². The molecular weight excluding hydrogens is 388 g/mol. The van der Waals surface area contributed by atoms with Gasteiger partial charge in [-0.1, -0.05) is 32.9 Å². The Morgan fingerprint density at radius 2 is 1.79 bits per heavy atom. The predicted octanol–water partition coefficient (Wildman–Crippen LogP) is 4.46. The van der Waals surface area contributed by atoms with E-state index in [4.69, 9.17) is 4.74 Å². The first-order chi connectivity index (χ1) is 13.6. The monoisotopic (exact) mass is 418 g/mol. The molecule has 2 aromatic carbocycles. The van der Waals surface area contributed by atoms with E-state index in [0.29, 0.717) is 11.3 Å². The minimum absolute atomic E-state index is 0.00963. The first-order valence-corrected chi connectivity index (χ1v) is 11.2. The van der Waals surface area contributed by atoms with Crippen LogP contribution in [0.2, 0.25) is 0 Å². The van der Waals surface area contributed by atoms with Crippen LogP contribution < -0.4 is 14.8 Å². The van der Waals surface area contributed by atoms with Gasteiger partial charge in [-0.25, -0.2) is 8.42 Å². The van der Waals surface area contributed by atoms with Gasteiger partial charge in [-0.05, 0) is 61.6 Å². The third kappa shape index (κ3) is 5.29. The third-order valence-corrected chi connectivity index (χ3v) is 6.35. The van der Waals surface area contributed by atoms with E-state index in [1.807, 2.05) is 27.7 Å². The molecule has 0 spiro atoms. The summed E-state index contributed by atoms with van der Waals surface area (Å²) in [6, 6.07) is 9.96. The minimum Gasteiger partial charge on any atom is -0.496 e. The first kappa shape index (κ1) is 22.7. The maximum absolute atomic E-state index is 13.2. The van der Waals surface area contributed by atoms with E-state index in [0.717, 1.165) is 12.0 Å². The highest BCUT2D eigenvalue weighted by Gasteiger charge is 2.23. The predicted molar refractivity (Wildman–Crippen MR) is 116 cm³/mol. The lowest BCUT2D eigenvalue weighted by molar-refractivity contribution is 0.0940. The van der Waals surface area contributed by atoms with Crippen LogP contribution in [0, 0.1) is 6.92 Å². The summed E-state index contributed by atoms with van der Waals surface area (Å²) in [5.41, 5.74) is 1.91. The highest BCUT2D eigenvalue weighted by Crippen LogP contribution is 2.32. The van der Waals surface area contributed by atoms with Crippen LogP contribution in [-0.2, 0) is 10.0 Å². The highest BCUT2D eigenvalue weighted by atomic mass is 32.2. The maximum Gasteiger partial charge on any atom is 0.262 e. The molecule has 0 aliphatic heterocycles. The number of nitrogens with one attached hydrogen (secondary N) is 2. The number of rotatable bonds is 8. The number of benzene rings is 2. The Morgan fingerprint density at radius 1 is 1.14 bits per heavy atom. The summed E-state index contributed by atoms with van der Waals surface area (Å²) in [6.45, 7) is 9.55. The van der Waals surface area contributed by atoms with Crippen molar-refractivity contribution < 1.29 is 17.9 Å². The number of sulfonamides is 1. The zero-order chi connectivity index (χ0) is 21.8. The lowest BCUT2D eigenvalue weighted by Gasteiger charge is -2.18. The summed E-state index contributed by atoms with van der Waals surface area (Å²) in [4.78, 5) is 12.8. The summed E-state index contributed by atoms with van der Waals surface area (Å²) in [5.74, 6) is 0.435. The van der Waals surface area contributed by atoms with Gasteiger partial charge < -0.3 is 10.1 Å². The fraction of sp³-hybridized carbons (Fsp3) is 0.409. The molecule has 0 saturated carbocycles. The molecule has 0 fully saturated rings. The van der Waals surface area contributed by atoms with Crippen molar-refractivity contribution in [3.05, 3.63) is 53.1 Å². The van der Waals surface area contributed by atoms with Crippen LogP contribution in [-0.4, -0.2) is 27.5 Å². The molecule has 29 heavy (non-hydrogen) atoms. The van der Waals surface area contributed by atoms with Gasteiger partial charge in [0.1, 0.15) is 5.75 Å². The fourth-order valence-corrected chi connectivity index (χ4v) is 4.31. The molecule has 2 aromatic rings. The number of anilines is 1. The second-order valence-electron chi connectivity index (χ2n) is 7.45. The van der Waals surface area contributed by atoms with Crippen molar-refractivity contribution in [2.75, 3.05) is 11.8 Å². The molecule has 0 bridgehead atoms. The number of ether oxygens (including phenoxy) is 1. The largest absolute Gasteiger partial charge is 0.496 e. The number of carbonyl (C=O) groups is 1. The minimum atomic E-state index is -3.90. The van der Waals surface area contributed by atoms with Crippen molar-refractivity contribution in [3.8, 4) is 5.75 Å². The Hall–Kier alpha value is -2.54. The third-order valence-electron chi connectivity index (χ3n) is 4.84. The Bertz CT molecular complexity index is 984. The topological polar surface area (TPSA) is 84.5 Å². The number of hydrogen-bond acceptors (Lipinski definition) is 4. The average Bonchev–Trinajstić information content (AvgIpc) is 2.67. The van der Waals surface area contributed by atoms with Gasteiger partial charge in [0.2, 0.25) is 0 Å². The SMILES string of the molecule is CC[C@@H](C)NC(=O)c1ccccc1NS(=O)(=O)c1cc(C(C)C)c(OC)cc1C. The molecule has 0 aliphatic carbocycles. The van der Waals surface area contributed by atoms with Crippen molar-refractivity contribution in [1.29, 1.82) is 0 Å². The van der Waals surface area contributed by atoms with Gasteiger partial charge in [0.25, 0.3) is 15.9 Å². The molecule has 1 amide bonds. The van der Waals surface area contributed by atoms with Crippen molar-refractivity contribution in [3.63, 3.8) is 0 Å². The van der Waals surface area contributed by atoms with Crippen molar-refractivity contribution in [2.24, 2.45) is 0 Å². The van der Waals surface area contributed by atoms with Crippen LogP contribution in [0.3, 0.4) is 0 Å². The zero-order valence-electron chi connectivity index (χ0n) is 17.9. The van der Waals surface area contributed by atoms with E-state index in [1.54, 1.807) is 50.4 Å². The second-order valence-corrected chi connectivity index (χ2v) is 9.10. The van der Waals surface area contributed by atoms with Gasteiger partial charge in [-0.15, -0.1) is 0 Å². The van der Waals surface area contributed by atoms with Crippen LogP contribution in [0.5, 0.6) is 5.75 Å². The van der Waals surface area contributed by atoms with E-state index in [9.17, 15) is 13.2 Å². The molecule has 0 aromatic heterocycles. The molecule has 158 valence electrons. The lowest BCUT2D eigenvalue weighted by Crippen LogP contribution is -2.32. The fourth-order valence-electron chi connectivity index (χ4n) is 2.97. The molecule has 0 saturated heterocycles. The summed E-state index contributed by atoms with van der Waals surface area (Å²) in [5, 5.41) is 2.87. The Kier molecular flexibility index (Phi) is 7.30. The average molecular weight is 419 g/mol. The molecule has 0 unspecified atom stereocenters. The summed E-state index contributed by atoms with van der Waals surface area (Å²) < 4.78 is 34.3. The van der Waals surface area contributed by atoms with Gasteiger partial charge in [-0.2, -0.15) is 0 Å². The van der Waals surface area contributed by atoms with E-state index >= 15 is 0 Å². The van der Waals surface area contributed by atoms with Gasteiger partial charge in [0.05, 0.1) is 23.3 Å². The summed E-state index contributed by atoms with van der Waals surface area (Å²) in [7, 11) is -2.33. The number of amides is 1. The molecule has 6 nitrogen and oxygen atoms in total. The van der Waals surface area contributed by atoms with E-state index in [-0.39, 0.29) is 34.0 Å². The molecule has 2 N–H and O–H groups in total. The molecule has 0 heterocycles. The Labute approximate surface area is 173 Å². The van der Waals surface area contributed by atoms with Crippen LogP contribution in [0.4, 0.5) is 5.69 Å². The standard InChI is InChI=1S/C22H30N2O4S/c1-7-16(5)23-22(25)17-10-8-9-11-19(17)24-29(26,27)21-13-18(14(2)3)20(28-6)12-15(21)4/h8-14,16,24H,7H2,1-6H3,(H,23,25)/t16-/m1/s1. The Morgan fingerprint density at radius 3 is 2.38 bits per heavy atom. The Balaban J connectivity index is 2.45. The van der Waals surface area contributed by atoms with Gasteiger partial charge in [0, 0.05) is 6.04 Å². The molecule has 0 radical (unpaired) electrons. The second kappa shape index (κ2) is 9.31. The number of methoxy groups -OCH3 is 1. The van der Waals surface area contributed by atoms with Crippen molar-refractivity contribution >= 4 is 21.6 Å². The van der Waals surface area contributed by atoms with E-state index in [2.05, 4.69) is 10.0 Å². The van der Waals surface area contributed by atoms with Gasteiger partial charge in [-0.3, -0.25) is 9.52 Å². The summed E-state index contributed by atoms with van der Waals surface area (Å²) in [6.07, 6.45) is 0.780. The molecule has 0 aliphatic rings. The molecular formula is C22H30N2O4S. The van der Waals surface area contributed by atoms with Gasteiger partial charge >= 0.3 is 0 Å². The number of para-hydroxylation sites is 1. The zero-order valence-corrected chi connectivity index (χ0v) is 18.7. The summed E-state index contributed by atoms with van der Waals surface area (Å²) >= 11 is 0. The number of aryl methyl sites for hydroxylation is 1. The molecule has 1 atom stereocenters. The quantitative estimate of drug-likeness (QED) is 0.663. The smallest absolute Gasteiger partial charge is 0.262 e. The highest BCUT2D eigenvalue weighted by molar-refractivity contribution is 7.92. The van der Waals surface area contributed by atoms with Crippen molar-refractivity contribution in [2.45, 2.75) is 57.9 Å². The molecule has 2 rings (SSSR count). The first-order valence-electron chi connectivity index (χ1n) is 9.71. The van der Waals surface area contributed by atoms with Crippen LogP contribution in [0.25, 0.3) is 0 Å². The van der Waals surface area contributed by atoms with Crippen LogP contribution in [0.15, 0.2) is 41.3 Å². The lowest BCUT2D eigenvalue weighted by atomic mass is 10.0. The number of hydrogen-bond donors (Lipinski definition) is 2. The van der Waals surface area contributed by atoms with E-state index < -0.39 is 10.0 Å². The molecule has 7 heteroatoms. The van der Waals surface area contributed by atoms with E-state index in [1.165, 1.54) is 0 Å². The van der Waals surface area contributed by atoms with Gasteiger partial charge in [0.15, 0.2) is 0 Å². The maximum atomic E-state index is 13.2. The van der Waals surface area contributed by atoms with Crippen LogP contribution in [0.1, 0.15) is 61.5 Å². The normalized spacial score (nSPS) is 12.5. The van der Waals surface area contributed by atoms with Crippen molar-refractivity contribution in [1.82, 2.24) is 5.32 Å².